The summed E-state index contributed by atoms with van der Waals surface area (Å²) in [5.74, 6) is 0. The molecule has 0 atom stereocenters. The van der Waals surface area contributed by atoms with Gasteiger partial charge >= 0.3 is 0 Å². The van der Waals surface area contributed by atoms with Crippen molar-refractivity contribution < 1.29 is 5.03 Å². The molecule has 0 spiro atoms. The number of nitrogens with zero attached hydrogens (tertiary/aromatic N) is 3. The molecule has 0 fully saturated rings. The maximum absolute atomic E-state index is 10.4. The van der Waals surface area contributed by atoms with Gasteiger partial charge in [0.05, 0.1) is 10.6 Å². The van der Waals surface area contributed by atoms with E-state index in [-0.39, 0.29) is 0 Å². The van der Waals surface area contributed by atoms with Gasteiger partial charge in [-0.1, -0.05) is 30.3 Å². The molecule has 0 aliphatic heterocycles. The van der Waals surface area contributed by atoms with Gasteiger partial charge in [-0.15, -0.1) is 0 Å². The predicted octanol–water partition coefficient (Wildman–Crippen LogP) is 1.59. The first-order chi connectivity index (χ1) is 6.77. The van der Waals surface area contributed by atoms with Crippen molar-refractivity contribution in [1.82, 2.24) is 9.89 Å². The van der Waals surface area contributed by atoms with Crippen molar-refractivity contribution in [3.05, 3.63) is 52.8 Å². The normalized spacial score (nSPS) is 10.0. The van der Waals surface area contributed by atoms with E-state index in [0.29, 0.717) is 4.79 Å². The highest BCUT2D eigenvalue weighted by Crippen LogP contribution is 2.16. The van der Waals surface area contributed by atoms with Crippen LogP contribution in [0.25, 0.3) is 11.1 Å². The third kappa shape index (κ3) is 1.47. The zero-order chi connectivity index (χ0) is 9.97. The molecule has 0 N–H and O–H groups in total. The van der Waals surface area contributed by atoms with Crippen LogP contribution in [0.1, 0.15) is 0 Å². The topological polar surface area (TPSA) is 61.0 Å². The average molecular weight is 189 g/mol. The van der Waals surface area contributed by atoms with Crippen molar-refractivity contribution in [3.8, 4) is 11.1 Å². The minimum absolute atomic E-state index is 0.577. The van der Waals surface area contributed by atoms with Crippen molar-refractivity contribution in [2.45, 2.75) is 0 Å². The smallest absolute Gasteiger partial charge is 0.175 e. The lowest BCUT2D eigenvalue weighted by molar-refractivity contribution is -0.552. The summed E-state index contributed by atoms with van der Waals surface area (Å²) < 4.78 is 0. The first kappa shape index (κ1) is 8.43. The third-order valence-corrected chi connectivity index (χ3v) is 1.84. The molecule has 14 heavy (non-hydrogen) atoms. The van der Waals surface area contributed by atoms with Crippen LogP contribution in [-0.2, 0) is 0 Å². The number of rotatable bonds is 2. The van der Waals surface area contributed by atoms with Gasteiger partial charge in [-0.2, -0.15) is 0 Å². The van der Waals surface area contributed by atoms with E-state index >= 15 is 0 Å². The Balaban J connectivity index is 2.39. The molecular formula is C9H7N3O2. The SMILES string of the molecule is O=[N+]([O-])n1cc(-c2ccccc2)cn1. The molecule has 0 unspecified atom stereocenters. The number of hydrogen-bond donors (Lipinski definition) is 0. The molecule has 2 rings (SSSR count). The molecule has 0 aliphatic rings. The van der Waals surface area contributed by atoms with Gasteiger partial charge < -0.3 is 10.1 Å². The van der Waals surface area contributed by atoms with Crippen molar-refractivity contribution in [2.75, 3.05) is 0 Å². The van der Waals surface area contributed by atoms with E-state index in [1.165, 1.54) is 12.4 Å². The molecule has 5 heteroatoms. The Kier molecular flexibility index (Phi) is 1.98. The Morgan fingerprint density at radius 3 is 2.50 bits per heavy atom. The summed E-state index contributed by atoms with van der Waals surface area (Å²) in [5, 5.41) is 13.4. The molecular weight excluding hydrogens is 182 g/mol. The van der Waals surface area contributed by atoms with Crippen molar-refractivity contribution in [1.29, 1.82) is 0 Å². The minimum Gasteiger partial charge on any atom is -0.339 e. The summed E-state index contributed by atoms with van der Waals surface area (Å²) in [6.07, 6.45) is 2.85. The summed E-state index contributed by atoms with van der Waals surface area (Å²) in [6, 6.07) is 9.39. The third-order valence-electron chi connectivity index (χ3n) is 1.84. The van der Waals surface area contributed by atoms with Crippen LogP contribution in [0.5, 0.6) is 0 Å². The van der Waals surface area contributed by atoms with Crippen LogP contribution < -0.4 is 0 Å². The lowest BCUT2D eigenvalue weighted by Crippen LogP contribution is -2.07. The highest BCUT2D eigenvalue weighted by molar-refractivity contribution is 5.61. The molecule has 5 nitrogen and oxygen atoms in total. The van der Waals surface area contributed by atoms with Gasteiger partial charge in [-0.3, -0.25) is 0 Å². The number of aromatic nitrogens is 2. The molecule has 0 saturated carbocycles. The van der Waals surface area contributed by atoms with Crippen LogP contribution in [0.4, 0.5) is 0 Å². The van der Waals surface area contributed by atoms with Crippen molar-refractivity contribution in [3.63, 3.8) is 0 Å². The fourth-order valence-electron chi connectivity index (χ4n) is 1.18. The van der Waals surface area contributed by atoms with Crippen LogP contribution in [0.15, 0.2) is 42.7 Å². The van der Waals surface area contributed by atoms with Gasteiger partial charge in [-0.25, -0.2) is 0 Å². The van der Waals surface area contributed by atoms with E-state index in [2.05, 4.69) is 5.10 Å². The number of hydrogen-bond acceptors (Lipinski definition) is 3. The Morgan fingerprint density at radius 1 is 1.21 bits per heavy atom. The maximum atomic E-state index is 10.4. The monoisotopic (exact) mass is 189 g/mol. The second-order valence-electron chi connectivity index (χ2n) is 2.75. The van der Waals surface area contributed by atoms with E-state index in [9.17, 15) is 10.1 Å². The first-order valence-electron chi connectivity index (χ1n) is 4.02. The molecule has 70 valence electrons. The second-order valence-corrected chi connectivity index (χ2v) is 2.75. The molecule has 0 amide bonds. The fourth-order valence-corrected chi connectivity index (χ4v) is 1.18. The van der Waals surface area contributed by atoms with Gasteiger partial charge in [0, 0.05) is 9.89 Å². The van der Waals surface area contributed by atoms with Crippen molar-refractivity contribution >= 4 is 0 Å². The Morgan fingerprint density at radius 2 is 1.93 bits per heavy atom. The second kappa shape index (κ2) is 3.29. The zero-order valence-electron chi connectivity index (χ0n) is 7.20. The molecule has 0 radical (unpaired) electrons. The maximum Gasteiger partial charge on any atom is 0.175 e. The molecule has 2 aromatic rings. The Labute approximate surface area is 79.7 Å². The summed E-state index contributed by atoms with van der Waals surface area (Å²) in [6.45, 7) is 0. The van der Waals surface area contributed by atoms with Crippen LogP contribution in [0.3, 0.4) is 0 Å². The summed E-state index contributed by atoms with van der Waals surface area (Å²) in [5.41, 5.74) is 1.66. The van der Waals surface area contributed by atoms with E-state index in [0.717, 1.165) is 11.1 Å². The van der Waals surface area contributed by atoms with E-state index < -0.39 is 5.03 Å². The number of nitro groups is 1. The summed E-state index contributed by atoms with van der Waals surface area (Å²) >= 11 is 0. The van der Waals surface area contributed by atoms with Gasteiger partial charge in [-0.05, 0) is 5.56 Å². The predicted molar refractivity (Wildman–Crippen MR) is 50.1 cm³/mol. The van der Waals surface area contributed by atoms with Gasteiger partial charge in [0.2, 0.25) is 0 Å². The minimum atomic E-state index is -0.577. The quantitative estimate of drug-likeness (QED) is 0.532. The Bertz CT molecular complexity index is 450. The van der Waals surface area contributed by atoms with E-state index in [4.69, 9.17) is 0 Å². The first-order valence-corrected chi connectivity index (χ1v) is 4.02. The summed E-state index contributed by atoms with van der Waals surface area (Å²) in [7, 11) is 0. The van der Waals surface area contributed by atoms with Gasteiger partial charge in [0.1, 0.15) is 6.20 Å². The molecule has 1 heterocycles. The molecule has 1 aromatic heterocycles. The van der Waals surface area contributed by atoms with Crippen molar-refractivity contribution in [2.24, 2.45) is 0 Å². The van der Waals surface area contributed by atoms with Gasteiger partial charge in [0.15, 0.2) is 6.20 Å². The lowest BCUT2D eigenvalue weighted by atomic mass is 10.1. The largest absolute Gasteiger partial charge is 0.339 e. The standard InChI is InChI=1S/C9H7N3O2/c13-12(14)11-7-9(6-10-11)8-4-2-1-3-5-8/h1-7H. The molecule has 0 saturated heterocycles. The average Bonchev–Trinajstić information content (AvgIpc) is 2.68. The van der Waals surface area contributed by atoms with Gasteiger partial charge in [0.25, 0.3) is 0 Å². The van der Waals surface area contributed by atoms with Crippen LogP contribution >= 0.6 is 0 Å². The van der Waals surface area contributed by atoms with Crippen LogP contribution in [0.2, 0.25) is 0 Å². The van der Waals surface area contributed by atoms with E-state index in [1.807, 2.05) is 30.3 Å². The molecule has 0 aliphatic carbocycles. The lowest BCUT2D eigenvalue weighted by Gasteiger charge is -1.92. The summed E-state index contributed by atoms with van der Waals surface area (Å²) in [4.78, 5) is 11.0. The molecule has 1 aromatic carbocycles. The van der Waals surface area contributed by atoms with Crippen LogP contribution in [-0.4, -0.2) is 14.9 Å². The highest BCUT2D eigenvalue weighted by Gasteiger charge is 2.07. The van der Waals surface area contributed by atoms with Crippen LogP contribution in [0, 0.1) is 10.1 Å². The van der Waals surface area contributed by atoms with E-state index in [1.54, 1.807) is 0 Å². The highest BCUT2D eigenvalue weighted by atomic mass is 16.7. The zero-order valence-corrected chi connectivity index (χ0v) is 7.20. The number of benzene rings is 1. The fraction of sp³-hybridized carbons (Fsp3) is 0. The Hall–Kier alpha value is -2.17. The molecule has 0 bridgehead atoms.